The Morgan fingerprint density at radius 2 is 2.26 bits per heavy atom. The number of hydrogen-bond acceptors (Lipinski definition) is 3. The average Bonchev–Trinajstić information content (AvgIpc) is 2.70. The molecule has 0 saturated heterocycles. The molecule has 1 aromatic heterocycles. The summed E-state index contributed by atoms with van der Waals surface area (Å²) in [6, 6.07) is 5.74. The predicted octanol–water partition coefficient (Wildman–Crippen LogP) is 1.93. The lowest BCUT2D eigenvalue weighted by molar-refractivity contribution is 0.0935. The van der Waals surface area contributed by atoms with Crippen LogP contribution in [0.2, 0.25) is 0 Å². The van der Waals surface area contributed by atoms with Gasteiger partial charge in [0, 0.05) is 0 Å². The molecule has 0 aliphatic rings. The zero-order chi connectivity index (χ0) is 14.0. The second-order valence-corrected chi connectivity index (χ2v) is 4.36. The summed E-state index contributed by atoms with van der Waals surface area (Å²) in [6.07, 6.45) is 0. The molecule has 0 aliphatic heterocycles. The van der Waals surface area contributed by atoms with Gasteiger partial charge in [0.2, 0.25) is 0 Å². The van der Waals surface area contributed by atoms with Crippen LogP contribution in [0.25, 0.3) is 0 Å². The molecule has 0 fully saturated rings. The molecule has 1 atom stereocenters. The van der Waals surface area contributed by atoms with Gasteiger partial charge in [0.05, 0.1) is 17.4 Å². The number of carbonyl (C=O) groups is 1. The molecule has 6 heteroatoms. The van der Waals surface area contributed by atoms with E-state index in [0.717, 1.165) is 0 Å². The van der Waals surface area contributed by atoms with Gasteiger partial charge in [-0.25, -0.2) is 4.39 Å². The zero-order valence-electron chi connectivity index (χ0n) is 10.7. The fraction of sp³-hybridized carbons (Fsp3) is 0.231. The van der Waals surface area contributed by atoms with Gasteiger partial charge in [-0.1, -0.05) is 12.1 Å². The summed E-state index contributed by atoms with van der Waals surface area (Å²) < 4.78 is 13.1. The number of aromatic nitrogens is 2. The maximum Gasteiger partial charge on any atom is 0.274 e. The standard InChI is InChI=1S/C13H15FN4O/c1-7(9-4-3-5-10(14)6-9)16-13(19)12-11(15)8(2)17-18-12/h3-7H,15H2,1-2H3,(H,16,19)(H,17,18). The number of aromatic amines is 1. The van der Waals surface area contributed by atoms with Crippen molar-refractivity contribution in [2.24, 2.45) is 0 Å². The number of amides is 1. The van der Waals surface area contributed by atoms with Crippen LogP contribution in [0.3, 0.4) is 0 Å². The summed E-state index contributed by atoms with van der Waals surface area (Å²) in [4.78, 5) is 12.0. The first-order valence-electron chi connectivity index (χ1n) is 5.86. The minimum atomic E-state index is -0.390. The molecule has 2 rings (SSSR count). The molecule has 1 heterocycles. The number of rotatable bonds is 3. The molecule has 1 amide bonds. The van der Waals surface area contributed by atoms with Crippen molar-refractivity contribution in [3.05, 3.63) is 47.0 Å². The number of aryl methyl sites for hydroxylation is 1. The van der Waals surface area contributed by atoms with Crippen molar-refractivity contribution >= 4 is 11.6 Å². The molecule has 1 unspecified atom stereocenters. The van der Waals surface area contributed by atoms with Crippen molar-refractivity contribution < 1.29 is 9.18 Å². The first-order valence-corrected chi connectivity index (χ1v) is 5.86. The van der Waals surface area contributed by atoms with Crippen LogP contribution in [-0.2, 0) is 0 Å². The van der Waals surface area contributed by atoms with Crippen LogP contribution in [0.5, 0.6) is 0 Å². The second-order valence-electron chi connectivity index (χ2n) is 4.36. The maximum absolute atomic E-state index is 13.1. The van der Waals surface area contributed by atoms with Gasteiger partial charge >= 0.3 is 0 Å². The first-order chi connectivity index (χ1) is 8.99. The van der Waals surface area contributed by atoms with Crippen LogP contribution in [0.4, 0.5) is 10.1 Å². The van der Waals surface area contributed by atoms with E-state index in [2.05, 4.69) is 15.5 Å². The Morgan fingerprint density at radius 1 is 1.53 bits per heavy atom. The van der Waals surface area contributed by atoms with E-state index in [1.54, 1.807) is 26.0 Å². The highest BCUT2D eigenvalue weighted by Gasteiger charge is 2.18. The van der Waals surface area contributed by atoms with Crippen molar-refractivity contribution in [1.82, 2.24) is 15.5 Å². The summed E-state index contributed by atoms with van der Waals surface area (Å²) in [5.74, 6) is -0.729. The molecule has 19 heavy (non-hydrogen) atoms. The van der Waals surface area contributed by atoms with Crippen molar-refractivity contribution in [3.8, 4) is 0 Å². The van der Waals surface area contributed by atoms with Crippen LogP contribution in [0, 0.1) is 12.7 Å². The third-order valence-corrected chi connectivity index (χ3v) is 2.91. The normalized spacial score (nSPS) is 12.2. The SMILES string of the molecule is Cc1[nH]nc(C(=O)NC(C)c2cccc(F)c2)c1N. The molecule has 1 aromatic carbocycles. The highest BCUT2D eigenvalue weighted by atomic mass is 19.1. The number of nitrogens with zero attached hydrogens (tertiary/aromatic N) is 1. The lowest BCUT2D eigenvalue weighted by Crippen LogP contribution is -2.27. The van der Waals surface area contributed by atoms with E-state index in [1.807, 2.05) is 0 Å². The number of hydrogen-bond donors (Lipinski definition) is 3. The zero-order valence-corrected chi connectivity index (χ0v) is 10.7. The summed E-state index contributed by atoms with van der Waals surface area (Å²) in [6.45, 7) is 3.50. The number of halogens is 1. The number of nitrogens with one attached hydrogen (secondary N) is 2. The van der Waals surface area contributed by atoms with Crippen LogP contribution in [0.15, 0.2) is 24.3 Å². The van der Waals surface area contributed by atoms with Gasteiger partial charge < -0.3 is 11.1 Å². The molecule has 0 radical (unpaired) electrons. The Morgan fingerprint density at radius 3 is 2.84 bits per heavy atom. The number of anilines is 1. The van der Waals surface area contributed by atoms with Crippen LogP contribution < -0.4 is 11.1 Å². The van der Waals surface area contributed by atoms with Crippen molar-refractivity contribution in [2.75, 3.05) is 5.73 Å². The Hall–Kier alpha value is -2.37. The highest BCUT2D eigenvalue weighted by molar-refractivity contribution is 5.97. The fourth-order valence-corrected chi connectivity index (χ4v) is 1.74. The van der Waals surface area contributed by atoms with Gasteiger partial charge in [0.25, 0.3) is 5.91 Å². The van der Waals surface area contributed by atoms with E-state index in [4.69, 9.17) is 5.73 Å². The maximum atomic E-state index is 13.1. The summed E-state index contributed by atoms with van der Waals surface area (Å²) in [5.41, 5.74) is 7.53. The molecule has 0 spiro atoms. The molecular weight excluding hydrogens is 247 g/mol. The van der Waals surface area contributed by atoms with Crippen molar-refractivity contribution in [2.45, 2.75) is 19.9 Å². The van der Waals surface area contributed by atoms with Gasteiger partial charge in [-0.05, 0) is 31.5 Å². The van der Waals surface area contributed by atoms with Gasteiger partial charge in [0.1, 0.15) is 5.82 Å². The number of nitrogens with two attached hydrogens (primary N) is 1. The van der Waals surface area contributed by atoms with Crippen LogP contribution in [-0.4, -0.2) is 16.1 Å². The Kier molecular flexibility index (Phi) is 3.50. The average molecular weight is 262 g/mol. The summed E-state index contributed by atoms with van der Waals surface area (Å²) in [7, 11) is 0. The van der Waals surface area contributed by atoms with E-state index in [9.17, 15) is 9.18 Å². The third kappa shape index (κ3) is 2.73. The van der Waals surface area contributed by atoms with Gasteiger partial charge in [-0.15, -0.1) is 0 Å². The first kappa shape index (κ1) is 13.1. The van der Waals surface area contributed by atoms with E-state index in [-0.39, 0.29) is 17.6 Å². The largest absolute Gasteiger partial charge is 0.395 e. The lowest BCUT2D eigenvalue weighted by Gasteiger charge is -2.13. The number of benzene rings is 1. The second kappa shape index (κ2) is 5.09. The number of H-pyrrole nitrogens is 1. The summed E-state index contributed by atoms with van der Waals surface area (Å²) >= 11 is 0. The van der Waals surface area contributed by atoms with Gasteiger partial charge in [0.15, 0.2) is 5.69 Å². The molecule has 4 N–H and O–H groups in total. The Bertz CT molecular complexity index is 608. The quantitative estimate of drug-likeness (QED) is 0.790. The predicted molar refractivity (Wildman–Crippen MR) is 70.0 cm³/mol. The molecule has 100 valence electrons. The van der Waals surface area contributed by atoms with Gasteiger partial charge in [-0.3, -0.25) is 9.89 Å². The van der Waals surface area contributed by atoms with E-state index in [0.29, 0.717) is 16.9 Å². The van der Waals surface area contributed by atoms with Crippen LogP contribution in [0.1, 0.15) is 34.7 Å². The molecule has 0 bridgehead atoms. The fourth-order valence-electron chi connectivity index (χ4n) is 1.74. The molecule has 0 saturated carbocycles. The summed E-state index contributed by atoms with van der Waals surface area (Å²) in [5, 5.41) is 9.21. The van der Waals surface area contributed by atoms with Crippen molar-refractivity contribution in [1.29, 1.82) is 0 Å². The Labute approximate surface area is 110 Å². The number of nitrogen functional groups attached to an aromatic ring is 1. The van der Waals surface area contributed by atoms with Crippen LogP contribution >= 0.6 is 0 Å². The molecule has 2 aromatic rings. The monoisotopic (exact) mass is 262 g/mol. The van der Waals surface area contributed by atoms with Crippen molar-refractivity contribution in [3.63, 3.8) is 0 Å². The van der Waals surface area contributed by atoms with Gasteiger partial charge in [-0.2, -0.15) is 5.10 Å². The smallest absolute Gasteiger partial charge is 0.274 e. The third-order valence-electron chi connectivity index (χ3n) is 2.91. The molecule has 0 aliphatic carbocycles. The lowest BCUT2D eigenvalue weighted by atomic mass is 10.1. The highest BCUT2D eigenvalue weighted by Crippen LogP contribution is 2.16. The van der Waals surface area contributed by atoms with E-state index >= 15 is 0 Å². The molecular formula is C13H15FN4O. The number of carbonyl (C=O) groups excluding carboxylic acids is 1. The minimum Gasteiger partial charge on any atom is -0.395 e. The topological polar surface area (TPSA) is 83.8 Å². The Balaban J connectivity index is 2.13. The van der Waals surface area contributed by atoms with E-state index < -0.39 is 5.91 Å². The molecule has 5 nitrogen and oxygen atoms in total. The van der Waals surface area contributed by atoms with E-state index in [1.165, 1.54) is 12.1 Å². The minimum absolute atomic E-state index is 0.153.